The Morgan fingerprint density at radius 3 is 1.68 bits per heavy atom. The van der Waals surface area contributed by atoms with Crippen LogP contribution in [-0.2, 0) is 18.9 Å². The molecule has 0 bridgehead atoms. The highest BCUT2D eigenvalue weighted by atomic mass is 16.5. The molecule has 0 N–H and O–H groups in total. The molecule has 0 saturated carbocycles. The minimum Gasteiger partial charge on any atom is -0.382 e. The smallest absolute Gasteiger partial charge is 0.0781 e. The van der Waals surface area contributed by atoms with E-state index in [1.54, 1.807) is 14.2 Å². The molecule has 0 aliphatic rings. The fourth-order valence-corrected chi connectivity index (χ4v) is 1.66. The summed E-state index contributed by atoms with van der Waals surface area (Å²) in [6.07, 6.45) is 8.00. The van der Waals surface area contributed by atoms with Gasteiger partial charge in [0, 0.05) is 27.4 Å². The molecule has 0 aromatic carbocycles. The molecule has 0 aromatic rings. The largest absolute Gasteiger partial charge is 0.382 e. The first-order valence-electron chi connectivity index (χ1n) is 8.83. The summed E-state index contributed by atoms with van der Waals surface area (Å²) in [5.41, 5.74) is 0. The summed E-state index contributed by atoms with van der Waals surface area (Å²) in [5.74, 6) is 0. The first-order chi connectivity index (χ1) is 10.6. The number of rotatable bonds is 14. The zero-order valence-corrected chi connectivity index (χ0v) is 15.9. The first-order valence-corrected chi connectivity index (χ1v) is 8.83. The summed E-state index contributed by atoms with van der Waals surface area (Å²) in [7, 11) is 3.34. The quantitative estimate of drug-likeness (QED) is 0.443. The zero-order chi connectivity index (χ0) is 17.1. The lowest BCUT2D eigenvalue weighted by Crippen LogP contribution is -2.21. The second-order valence-corrected chi connectivity index (χ2v) is 5.67. The Bertz CT molecular complexity index is 180. The van der Waals surface area contributed by atoms with Crippen LogP contribution in [0.5, 0.6) is 0 Å². The van der Waals surface area contributed by atoms with Crippen molar-refractivity contribution in [1.82, 2.24) is 0 Å². The van der Waals surface area contributed by atoms with Crippen molar-refractivity contribution in [2.24, 2.45) is 0 Å². The first kappa shape index (κ1) is 24.1. The number of hydrogen-bond acceptors (Lipinski definition) is 4. The predicted octanol–water partition coefficient (Wildman–Crippen LogP) is 4.46. The van der Waals surface area contributed by atoms with Gasteiger partial charge in [-0.15, -0.1) is 0 Å². The summed E-state index contributed by atoms with van der Waals surface area (Å²) in [6, 6.07) is 0. The standard InChI is InChI=1S/C10H22O.C8H18O3/c1-3-5-7-9-11-10-8-6-4-2;1-7(10-4)6-11-8(2)5-9-3/h3-10H2,1-2H3;7-8H,5-6H2,1-4H3. The van der Waals surface area contributed by atoms with Crippen LogP contribution in [-0.4, -0.2) is 52.9 Å². The highest BCUT2D eigenvalue weighted by molar-refractivity contribution is 4.50. The SMILES string of the molecule is CCCCCOCCCCC.COCC(C)OCC(C)OC. The average Bonchev–Trinajstić information content (AvgIpc) is 2.52. The van der Waals surface area contributed by atoms with Crippen LogP contribution in [0.25, 0.3) is 0 Å². The summed E-state index contributed by atoms with van der Waals surface area (Å²) in [5, 5.41) is 0. The molecule has 0 aliphatic heterocycles. The second-order valence-electron chi connectivity index (χ2n) is 5.67. The third-order valence-corrected chi connectivity index (χ3v) is 3.20. The van der Waals surface area contributed by atoms with Gasteiger partial charge >= 0.3 is 0 Å². The van der Waals surface area contributed by atoms with Crippen molar-refractivity contribution in [2.45, 2.75) is 78.4 Å². The van der Waals surface area contributed by atoms with Gasteiger partial charge in [0.15, 0.2) is 0 Å². The molecule has 2 atom stereocenters. The van der Waals surface area contributed by atoms with Gasteiger partial charge in [-0.1, -0.05) is 39.5 Å². The van der Waals surface area contributed by atoms with Gasteiger partial charge in [0.1, 0.15) is 0 Å². The Morgan fingerprint density at radius 1 is 0.727 bits per heavy atom. The Hall–Kier alpha value is -0.160. The lowest BCUT2D eigenvalue weighted by atomic mass is 10.2. The lowest BCUT2D eigenvalue weighted by Gasteiger charge is -2.14. The number of methoxy groups -OCH3 is 2. The topological polar surface area (TPSA) is 36.9 Å². The molecule has 4 nitrogen and oxygen atoms in total. The molecule has 136 valence electrons. The fourth-order valence-electron chi connectivity index (χ4n) is 1.66. The van der Waals surface area contributed by atoms with E-state index in [0.29, 0.717) is 13.2 Å². The molecule has 0 saturated heterocycles. The predicted molar refractivity (Wildman–Crippen MR) is 93.6 cm³/mol. The zero-order valence-electron chi connectivity index (χ0n) is 15.9. The maximum Gasteiger partial charge on any atom is 0.0781 e. The van der Waals surface area contributed by atoms with Crippen molar-refractivity contribution in [3.8, 4) is 0 Å². The molecule has 4 heteroatoms. The van der Waals surface area contributed by atoms with Gasteiger partial charge in [0.05, 0.1) is 25.4 Å². The molecule has 0 aromatic heterocycles. The van der Waals surface area contributed by atoms with Crippen molar-refractivity contribution >= 4 is 0 Å². The molecule has 0 radical (unpaired) electrons. The van der Waals surface area contributed by atoms with Crippen LogP contribution < -0.4 is 0 Å². The van der Waals surface area contributed by atoms with Gasteiger partial charge in [-0.25, -0.2) is 0 Å². The van der Waals surface area contributed by atoms with Gasteiger partial charge < -0.3 is 18.9 Å². The lowest BCUT2D eigenvalue weighted by molar-refractivity contribution is -0.0386. The van der Waals surface area contributed by atoms with Crippen LogP contribution in [0.1, 0.15) is 66.2 Å². The molecule has 0 fully saturated rings. The van der Waals surface area contributed by atoms with Crippen LogP contribution in [0.15, 0.2) is 0 Å². The van der Waals surface area contributed by atoms with Gasteiger partial charge in [-0.3, -0.25) is 0 Å². The van der Waals surface area contributed by atoms with Gasteiger partial charge in [0.25, 0.3) is 0 Å². The third kappa shape index (κ3) is 22.1. The van der Waals surface area contributed by atoms with Crippen LogP contribution >= 0.6 is 0 Å². The van der Waals surface area contributed by atoms with Crippen molar-refractivity contribution < 1.29 is 18.9 Å². The van der Waals surface area contributed by atoms with E-state index in [2.05, 4.69) is 13.8 Å². The summed E-state index contributed by atoms with van der Waals surface area (Å²) >= 11 is 0. The van der Waals surface area contributed by atoms with Crippen molar-refractivity contribution in [2.75, 3.05) is 40.6 Å². The van der Waals surface area contributed by atoms with Gasteiger partial charge in [0.2, 0.25) is 0 Å². The molecular weight excluding hydrogens is 280 g/mol. The van der Waals surface area contributed by atoms with Gasteiger partial charge in [-0.2, -0.15) is 0 Å². The highest BCUT2D eigenvalue weighted by Gasteiger charge is 2.04. The summed E-state index contributed by atoms with van der Waals surface area (Å²) < 4.78 is 20.7. The summed E-state index contributed by atoms with van der Waals surface area (Å²) in [4.78, 5) is 0. The van der Waals surface area contributed by atoms with E-state index in [1.807, 2.05) is 13.8 Å². The number of unbranched alkanes of at least 4 members (excludes halogenated alkanes) is 4. The van der Waals surface area contributed by atoms with Crippen molar-refractivity contribution in [1.29, 1.82) is 0 Å². The third-order valence-electron chi connectivity index (χ3n) is 3.20. The molecule has 0 spiro atoms. The highest BCUT2D eigenvalue weighted by Crippen LogP contribution is 1.97. The number of hydrogen-bond donors (Lipinski definition) is 0. The fraction of sp³-hybridized carbons (Fsp3) is 1.00. The molecule has 2 unspecified atom stereocenters. The Morgan fingerprint density at radius 2 is 1.27 bits per heavy atom. The van der Waals surface area contributed by atoms with Crippen molar-refractivity contribution in [3.05, 3.63) is 0 Å². The van der Waals surface area contributed by atoms with E-state index >= 15 is 0 Å². The maximum atomic E-state index is 5.44. The summed E-state index contributed by atoms with van der Waals surface area (Å²) in [6.45, 7) is 11.6. The Balaban J connectivity index is 0. The maximum absolute atomic E-state index is 5.44. The normalized spacial score (nSPS) is 13.4. The van der Waals surface area contributed by atoms with Crippen LogP contribution in [0, 0.1) is 0 Å². The van der Waals surface area contributed by atoms with E-state index in [4.69, 9.17) is 18.9 Å². The monoisotopic (exact) mass is 320 g/mol. The molecule has 22 heavy (non-hydrogen) atoms. The number of ether oxygens (including phenoxy) is 4. The molecule has 0 amide bonds. The molecule has 0 aliphatic carbocycles. The minimum atomic E-state index is 0.151. The molecule has 0 heterocycles. The van der Waals surface area contributed by atoms with Gasteiger partial charge in [-0.05, 0) is 26.7 Å². The Kier molecular flexibility index (Phi) is 22.8. The minimum absolute atomic E-state index is 0.151. The van der Waals surface area contributed by atoms with E-state index in [1.165, 1.54) is 38.5 Å². The average molecular weight is 321 g/mol. The van der Waals surface area contributed by atoms with Crippen LogP contribution in [0.2, 0.25) is 0 Å². The van der Waals surface area contributed by atoms with E-state index < -0.39 is 0 Å². The van der Waals surface area contributed by atoms with E-state index in [0.717, 1.165) is 13.2 Å². The van der Waals surface area contributed by atoms with E-state index in [9.17, 15) is 0 Å². The van der Waals surface area contributed by atoms with Crippen molar-refractivity contribution in [3.63, 3.8) is 0 Å². The van der Waals surface area contributed by atoms with Crippen LogP contribution in [0.4, 0.5) is 0 Å². The van der Waals surface area contributed by atoms with Crippen LogP contribution in [0.3, 0.4) is 0 Å². The molecular formula is C18H40O4. The Labute approximate surface area is 138 Å². The second kappa shape index (κ2) is 20.8. The van der Waals surface area contributed by atoms with E-state index in [-0.39, 0.29) is 12.2 Å². The molecule has 0 rings (SSSR count).